The predicted octanol–water partition coefficient (Wildman–Crippen LogP) is 1.41. The molecule has 1 aromatic rings. The van der Waals surface area contributed by atoms with Gasteiger partial charge in [0.15, 0.2) is 0 Å². The van der Waals surface area contributed by atoms with Gasteiger partial charge in [-0.3, -0.25) is 0 Å². The van der Waals surface area contributed by atoms with Gasteiger partial charge in [-0.15, -0.1) is 0 Å². The summed E-state index contributed by atoms with van der Waals surface area (Å²) in [6.07, 6.45) is 3.37. The minimum Gasteiger partial charge on any atom is -0.394 e. The lowest BCUT2D eigenvalue weighted by molar-refractivity contribution is 0.185. The van der Waals surface area contributed by atoms with Crippen LogP contribution in [-0.2, 0) is 15.8 Å². The Bertz CT molecular complexity index is 478. The SMILES string of the molecule is O=S(=O)(Cc1ccccc1)NC1(CO)CCCC1. The molecule has 0 unspecified atom stereocenters. The first-order valence-electron chi connectivity index (χ1n) is 6.22. The quantitative estimate of drug-likeness (QED) is 0.849. The van der Waals surface area contributed by atoms with Crippen LogP contribution in [-0.4, -0.2) is 25.7 Å². The minimum absolute atomic E-state index is 0.0322. The maximum absolute atomic E-state index is 12.1. The van der Waals surface area contributed by atoms with Crippen molar-refractivity contribution in [3.63, 3.8) is 0 Å². The molecule has 0 aromatic heterocycles. The predicted molar refractivity (Wildman–Crippen MR) is 70.5 cm³/mol. The molecule has 4 nitrogen and oxygen atoms in total. The van der Waals surface area contributed by atoms with Gasteiger partial charge in [0.25, 0.3) is 0 Å². The number of hydrogen-bond donors (Lipinski definition) is 2. The first-order chi connectivity index (χ1) is 8.55. The topological polar surface area (TPSA) is 66.4 Å². The molecule has 0 aliphatic heterocycles. The second kappa shape index (κ2) is 5.38. The van der Waals surface area contributed by atoms with Crippen LogP contribution < -0.4 is 4.72 Å². The monoisotopic (exact) mass is 269 g/mol. The maximum Gasteiger partial charge on any atom is 0.216 e. The highest BCUT2D eigenvalue weighted by atomic mass is 32.2. The maximum atomic E-state index is 12.1. The normalized spacial score (nSPS) is 18.9. The highest BCUT2D eigenvalue weighted by Crippen LogP contribution is 2.30. The van der Waals surface area contributed by atoms with Gasteiger partial charge in [-0.25, -0.2) is 13.1 Å². The van der Waals surface area contributed by atoms with Gasteiger partial charge in [0.05, 0.1) is 17.9 Å². The number of aliphatic hydroxyl groups is 1. The van der Waals surface area contributed by atoms with E-state index in [0.717, 1.165) is 31.2 Å². The Kier molecular flexibility index (Phi) is 4.04. The van der Waals surface area contributed by atoms with Crippen molar-refractivity contribution in [3.8, 4) is 0 Å². The van der Waals surface area contributed by atoms with Gasteiger partial charge in [-0.05, 0) is 18.4 Å². The smallest absolute Gasteiger partial charge is 0.216 e. The van der Waals surface area contributed by atoms with Crippen LogP contribution in [0.15, 0.2) is 30.3 Å². The van der Waals surface area contributed by atoms with Crippen molar-refractivity contribution in [1.29, 1.82) is 0 Å². The van der Waals surface area contributed by atoms with Crippen molar-refractivity contribution in [2.45, 2.75) is 37.0 Å². The van der Waals surface area contributed by atoms with E-state index in [2.05, 4.69) is 4.72 Å². The van der Waals surface area contributed by atoms with Crippen molar-refractivity contribution in [2.75, 3.05) is 6.61 Å². The fourth-order valence-corrected chi connectivity index (χ4v) is 4.14. The molecule has 2 rings (SSSR count). The van der Waals surface area contributed by atoms with Gasteiger partial charge in [0.2, 0.25) is 10.0 Å². The molecule has 0 amide bonds. The van der Waals surface area contributed by atoms with Gasteiger partial charge < -0.3 is 5.11 Å². The second-order valence-electron chi connectivity index (χ2n) is 4.99. The number of benzene rings is 1. The number of hydrogen-bond acceptors (Lipinski definition) is 3. The molecule has 100 valence electrons. The van der Waals surface area contributed by atoms with Gasteiger partial charge in [-0.1, -0.05) is 43.2 Å². The average molecular weight is 269 g/mol. The van der Waals surface area contributed by atoms with Crippen LogP contribution in [0.25, 0.3) is 0 Å². The molecule has 1 aliphatic rings. The molecular weight excluding hydrogens is 250 g/mol. The standard InChI is InChI=1S/C13H19NO3S/c15-11-13(8-4-5-9-13)14-18(16,17)10-12-6-2-1-3-7-12/h1-3,6-7,14-15H,4-5,8-11H2. The fourth-order valence-electron chi connectivity index (χ4n) is 2.50. The van der Waals surface area contributed by atoms with Crippen molar-refractivity contribution < 1.29 is 13.5 Å². The van der Waals surface area contributed by atoms with E-state index in [1.54, 1.807) is 12.1 Å². The highest BCUT2D eigenvalue weighted by Gasteiger charge is 2.36. The van der Waals surface area contributed by atoms with E-state index in [9.17, 15) is 13.5 Å². The van der Waals surface area contributed by atoms with Crippen LogP contribution in [0.4, 0.5) is 0 Å². The third-order valence-corrected chi connectivity index (χ3v) is 4.89. The Labute approximate surface area is 108 Å². The minimum atomic E-state index is -3.40. The van der Waals surface area contributed by atoms with Crippen molar-refractivity contribution in [2.24, 2.45) is 0 Å². The molecule has 0 bridgehead atoms. The molecule has 2 N–H and O–H groups in total. The molecular formula is C13H19NO3S. The third kappa shape index (κ3) is 3.31. The molecule has 1 aliphatic carbocycles. The largest absolute Gasteiger partial charge is 0.394 e. The number of sulfonamides is 1. The molecule has 5 heteroatoms. The summed E-state index contributed by atoms with van der Waals surface area (Å²) in [6.45, 7) is -0.124. The Morgan fingerprint density at radius 3 is 2.33 bits per heavy atom. The summed E-state index contributed by atoms with van der Waals surface area (Å²) in [5.74, 6) is -0.0322. The van der Waals surface area contributed by atoms with Crippen LogP contribution in [0, 0.1) is 0 Å². The molecule has 0 heterocycles. The Morgan fingerprint density at radius 1 is 1.17 bits per heavy atom. The molecule has 1 aromatic carbocycles. The molecule has 0 spiro atoms. The van der Waals surface area contributed by atoms with Crippen molar-refractivity contribution in [3.05, 3.63) is 35.9 Å². The van der Waals surface area contributed by atoms with Crippen LogP contribution in [0.1, 0.15) is 31.2 Å². The first kappa shape index (κ1) is 13.5. The molecule has 0 atom stereocenters. The molecule has 1 saturated carbocycles. The average Bonchev–Trinajstić information content (AvgIpc) is 2.78. The van der Waals surface area contributed by atoms with Crippen LogP contribution in [0.2, 0.25) is 0 Å². The van der Waals surface area contributed by atoms with Crippen LogP contribution >= 0.6 is 0 Å². The second-order valence-corrected chi connectivity index (χ2v) is 6.71. The summed E-state index contributed by atoms with van der Waals surface area (Å²) in [4.78, 5) is 0. The molecule has 0 radical (unpaired) electrons. The number of aliphatic hydroxyl groups excluding tert-OH is 1. The number of rotatable bonds is 5. The summed E-state index contributed by atoms with van der Waals surface area (Å²) in [5, 5.41) is 9.42. The highest BCUT2D eigenvalue weighted by molar-refractivity contribution is 7.88. The lowest BCUT2D eigenvalue weighted by Crippen LogP contribution is -2.49. The van der Waals surface area contributed by atoms with Gasteiger partial charge in [-0.2, -0.15) is 0 Å². The van der Waals surface area contributed by atoms with E-state index in [0.29, 0.717) is 0 Å². The summed E-state index contributed by atoms with van der Waals surface area (Å²) in [6, 6.07) is 9.08. The Hall–Kier alpha value is -0.910. The van der Waals surface area contributed by atoms with Crippen LogP contribution in [0.5, 0.6) is 0 Å². The molecule has 1 fully saturated rings. The fraction of sp³-hybridized carbons (Fsp3) is 0.538. The van der Waals surface area contributed by atoms with E-state index in [-0.39, 0.29) is 12.4 Å². The zero-order valence-electron chi connectivity index (χ0n) is 10.3. The van der Waals surface area contributed by atoms with E-state index >= 15 is 0 Å². The van der Waals surface area contributed by atoms with Crippen molar-refractivity contribution >= 4 is 10.0 Å². The summed E-state index contributed by atoms with van der Waals surface area (Å²) < 4.78 is 26.9. The third-order valence-electron chi connectivity index (χ3n) is 3.43. The molecule has 18 heavy (non-hydrogen) atoms. The summed E-state index contributed by atoms with van der Waals surface area (Å²) in [5.41, 5.74) is 0.129. The van der Waals surface area contributed by atoms with Gasteiger partial charge >= 0.3 is 0 Å². The van der Waals surface area contributed by atoms with E-state index < -0.39 is 15.6 Å². The zero-order valence-corrected chi connectivity index (χ0v) is 11.1. The lowest BCUT2D eigenvalue weighted by atomic mass is 10.0. The van der Waals surface area contributed by atoms with E-state index in [1.165, 1.54) is 0 Å². The van der Waals surface area contributed by atoms with Gasteiger partial charge in [0.1, 0.15) is 0 Å². The number of nitrogens with one attached hydrogen (secondary N) is 1. The van der Waals surface area contributed by atoms with Crippen molar-refractivity contribution in [1.82, 2.24) is 4.72 Å². The van der Waals surface area contributed by atoms with Crippen LogP contribution in [0.3, 0.4) is 0 Å². The lowest BCUT2D eigenvalue weighted by Gasteiger charge is -2.27. The van der Waals surface area contributed by atoms with Gasteiger partial charge in [0, 0.05) is 0 Å². The summed E-state index contributed by atoms with van der Waals surface area (Å²) in [7, 11) is -3.40. The van der Waals surface area contributed by atoms with E-state index in [1.807, 2.05) is 18.2 Å². The Morgan fingerprint density at radius 2 is 1.78 bits per heavy atom. The zero-order chi connectivity index (χ0) is 13.1. The molecule has 0 saturated heterocycles. The summed E-state index contributed by atoms with van der Waals surface area (Å²) >= 11 is 0. The Balaban J connectivity index is 2.08. The first-order valence-corrected chi connectivity index (χ1v) is 7.87. The van der Waals surface area contributed by atoms with E-state index in [4.69, 9.17) is 0 Å².